The fourth-order valence-electron chi connectivity index (χ4n) is 1.34. The van der Waals surface area contributed by atoms with E-state index in [1.807, 2.05) is 25.2 Å². The molecule has 1 aromatic carbocycles. The Morgan fingerprint density at radius 1 is 1.38 bits per heavy atom. The highest BCUT2D eigenvalue weighted by Crippen LogP contribution is 2.19. The van der Waals surface area contributed by atoms with Crippen LogP contribution in [0.3, 0.4) is 0 Å². The number of rotatable bonds is 2. The molecular weight excluding hydrogens is 268 g/mol. The molecule has 90 valence electrons. The Morgan fingerprint density at radius 3 is 2.69 bits per heavy atom. The summed E-state index contributed by atoms with van der Waals surface area (Å²) in [5, 5.41) is 3.86. The van der Waals surface area contributed by atoms with E-state index in [2.05, 4.69) is 22.2 Å². The van der Waals surface area contributed by atoms with Crippen LogP contribution in [-0.4, -0.2) is 17.0 Å². The third-order valence-electron chi connectivity index (χ3n) is 2.31. The van der Waals surface area contributed by atoms with Gasteiger partial charge in [0.1, 0.15) is 5.82 Å². The molecule has 0 bridgehead atoms. The van der Waals surface area contributed by atoms with Crippen LogP contribution in [0.15, 0.2) is 18.2 Å². The summed E-state index contributed by atoms with van der Waals surface area (Å²) >= 11 is 5.88. The van der Waals surface area contributed by atoms with E-state index in [0.29, 0.717) is 0 Å². The maximum atomic E-state index is 5.88. The maximum absolute atomic E-state index is 5.88. The van der Waals surface area contributed by atoms with Gasteiger partial charge in [-0.2, -0.15) is 0 Å². The van der Waals surface area contributed by atoms with Gasteiger partial charge in [-0.05, 0) is 32.2 Å². The predicted octanol–water partition coefficient (Wildman–Crippen LogP) is 3.34. The predicted molar refractivity (Wildman–Crippen MR) is 73.1 cm³/mol. The maximum Gasteiger partial charge on any atom is 0.124 e. The molecule has 2 N–H and O–H groups in total. The number of benzene rings is 1. The first-order valence-corrected chi connectivity index (χ1v) is 4.91. The first-order chi connectivity index (χ1) is 6.70. The van der Waals surface area contributed by atoms with E-state index in [-0.39, 0.29) is 30.9 Å². The van der Waals surface area contributed by atoms with E-state index in [1.54, 1.807) is 0 Å². The number of nitrogens with one attached hydrogen (secondary N) is 2. The smallest absolute Gasteiger partial charge is 0.124 e. The zero-order valence-corrected chi connectivity index (χ0v) is 11.3. The molecule has 1 atom stereocenters. The van der Waals surface area contributed by atoms with Gasteiger partial charge in [-0.1, -0.05) is 11.6 Å². The Hall–Kier alpha value is -0.480. The van der Waals surface area contributed by atoms with Crippen LogP contribution in [0.25, 0.3) is 11.0 Å². The summed E-state index contributed by atoms with van der Waals surface area (Å²) in [6, 6.07) is 5.87. The van der Waals surface area contributed by atoms with E-state index in [0.717, 1.165) is 21.9 Å². The van der Waals surface area contributed by atoms with Crippen molar-refractivity contribution in [1.29, 1.82) is 0 Å². The van der Waals surface area contributed by atoms with Crippen LogP contribution < -0.4 is 5.32 Å². The van der Waals surface area contributed by atoms with Crippen molar-refractivity contribution in [3.05, 3.63) is 29.0 Å². The van der Waals surface area contributed by atoms with Gasteiger partial charge in [0.15, 0.2) is 0 Å². The van der Waals surface area contributed by atoms with E-state index in [1.165, 1.54) is 0 Å². The highest BCUT2D eigenvalue weighted by Gasteiger charge is 2.08. The number of hydrogen-bond donors (Lipinski definition) is 2. The zero-order valence-electron chi connectivity index (χ0n) is 8.95. The fourth-order valence-corrected chi connectivity index (χ4v) is 1.52. The number of H-pyrrole nitrogens is 1. The largest absolute Gasteiger partial charge is 0.341 e. The lowest BCUT2D eigenvalue weighted by atomic mass is 10.3. The average Bonchev–Trinajstić information content (AvgIpc) is 2.59. The van der Waals surface area contributed by atoms with Gasteiger partial charge < -0.3 is 10.3 Å². The minimum Gasteiger partial charge on any atom is -0.341 e. The quantitative estimate of drug-likeness (QED) is 0.887. The summed E-state index contributed by atoms with van der Waals surface area (Å²) in [6.45, 7) is 2.05. The Balaban J connectivity index is 0.00000112. The lowest BCUT2D eigenvalue weighted by molar-refractivity contribution is 0.620. The van der Waals surface area contributed by atoms with Gasteiger partial charge >= 0.3 is 0 Å². The number of fused-ring (bicyclic) bond motifs is 1. The molecule has 1 aromatic heterocycles. The molecule has 0 spiro atoms. The number of aromatic amines is 1. The van der Waals surface area contributed by atoms with Crippen LogP contribution in [0.5, 0.6) is 0 Å². The Kier molecular flexibility index (Phi) is 6.11. The molecule has 0 aliphatic heterocycles. The minimum absolute atomic E-state index is 0. The van der Waals surface area contributed by atoms with E-state index < -0.39 is 0 Å². The molecule has 0 saturated carbocycles. The molecule has 1 heterocycles. The minimum atomic E-state index is 0. The summed E-state index contributed by atoms with van der Waals surface area (Å²) in [5.41, 5.74) is 1.93. The van der Waals surface area contributed by atoms with Crippen molar-refractivity contribution in [2.24, 2.45) is 0 Å². The van der Waals surface area contributed by atoms with E-state index >= 15 is 0 Å². The third kappa shape index (κ3) is 3.01. The molecule has 0 saturated heterocycles. The van der Waals surface area contributed by atoms with E-state index in [9.17, 15) is 0 Å². The highest BCUT2D eigenvalue weighted by atomic mass is 35.5. The van der Waals surface area contributed by atoms with E-state index in [4.69, 9.17) is 11.6 Å². The highest BCUT2D eigenvalue weighted by molar-refractivity contribution is 6.31. The van der Waals surface area contributed by atoms with Crippen LogP contribution in [0.1, 0.15) is 18.8 Å². The number of imidazole rings is 1. The summed E-state index contributed by atoms with van der Waals surface area (Å²) in [7, 11) is 1.91. The topological polar surface area (TPSA) is 40.7 Å². The molecule has 6 heteroatoms. The summed E-state index contributed by atoms with van der Waals surface area (Å²) in [5.74, 6) is 0.935. The van der Waals surface area contributed by atoms with Crippen molar-refractivity contribution in [3.63, 3.8) is 0 Å². The van der Waals surface area contributed by atoms with Crippen molar-refractivity contribution < 1.29 is 0 Å². The van der Waals surface area contributed by atoms with Gasteiger partial charge in [-0.25, -0.2) is 4.98 Å². The standard InChI is InChI=1S/C10H12ClN3.2ClH/c1-6(12-2)10-13-8-4-3-7(11)5-9(8)14-10;;/h3-6,12H,1-2H3,(H,13,14);2*1H. The van der Waals surface area contributed by atoms with Gasteiger partial charge in [0, 0.05) is 5.02 Å². The van der Waals surface area contributed by atoms with Gasteiger partial charge in [-0.15, -0.1) is 24.8 Å². The van der Waals surface area contributed by atoms with Crippen LogP contribution in [-0.2, 0) is 0 Å². The van der Waals surface area contributed by atoms with Crippen LogP contribution in [0.4, 0.5) is 0 Å². The fraction of sp³-hybridized carbons (Fsp3) is 0.300. The Morgan fingerprint density at radius 2 is 2.06 bits per heavy atom. The monoisotopic (exact) mass is 281 g/mol. The van der Waals surface area contributed by atoms with Gasteiger partial charge in [0.25, 0.3) is 0 Å². The van der Waals surface area contributed by atoms with Crippen molar-refractivity contribution in [2.45, 2.75) is 13.0 Å². The number of halogens is 3. The second-order valence-corrected chi connectivity index (χ2v) is 3.73. The lowest BCUT2D eigenvalue weighted by Crippen LogP contribution is -2.13. The van der Waals surface area contributed by atoms with Crippen LogP contribution in [0, 0.1) is 0 Å². The molecule has 0 radical (unpaired) electrons. The molecule has 0 aliphatic rings. The summed E-state index contributed by atoms with van der Waals surface area (Å²) in [4.78, 5) is 7.68. The molecule has 16 heavy (non-hydrogen) atoms. The van der Waals surface area contributed by atoms with Crippen molar-refractivity contribution in [2.75, 3.05) is 7.05 Å². The average molecular weight is 283 g/mol. The Labute approximate surface area is 112 Å². The molecule has 1 unspecified atom stereocenters. The zero-order chi connectivity index (χ0) is 10.1. The normalized spacial score (nSPS) is 11.7. The lowest BCUT2D eigenvalue weighted by Gasteiger charge is -2.04. The third-order valence-corrected chi connectivity index (χ3v) is 2.54. The second kappa shape index (κ2) is 6.30. The molecule has 2 rings (SSSR count). The molecular formula is C10H14Cl3N3. The SMILES string of the molecule is CNC(C)c1nc2ccc(Cl)cc2[nH]1.Cl.Cl. The number of hydrogen-bond acceptors (Lipinski definition) is 2. The number of nitrogens with zero attached hydrogens (tertiary/aromatic N) is 1. The molecule has 0 amide bonds. The summed E-state index contributed by atoms with van der Waals surface area (Å²) in [6.07, 6.45) is 0. The van der Waals surface area contributed by atoms with Crippen molar-refractivity contribution in [3.8, 4) is 0 Å². The van der Waals surface area contributed by atoms with Crippen LogP contribution >= 0.6 is 36.4 Å². The van der Waals surface area contributed by atoms with Gasteiger partial charge in [-0.3, -0.25) is 0 Å². The molecule has 0 aliphatic carbocycles. The molecule has 2 aromatic rings. The first kappa shape index (κ1) is 15.5. The molecule has 0 fully saturated rings. The van der Waals surface area contributed by atoms with Crippen LogP contribution in [0.2, 0.25) is 5.02 Å². The second-order valence-electron chi connectivity index (χ2n) is 3.29. The van der Waals surface area contributed by atoms with Crippen molar-refractivity contribution >= 4 is 47.4 Å². The number of aromatic nitrogens is 2. The summed E-state index contributed by atoms with van der Waals surface area (Å²) < 4.78 is 0. The molecule has 3 nitrogen and oxygen atoms in total. The van der Waals surface area contributed by atoms with Gasteiger partial charge in [0.2, 0.25) is 0 Å². The van der Waals surface area contributed by atoms with Crippen molar-refractivity contribution in [1.82, 2.24) is 15.3 Å². The first-order valence-electron chi connectivity index (χ1n) is 4.53. The Bertz CT molecular complexity index is 456. The van der Waals surface area contributed by atoms with Gasteiger partial charge in [0.05, 0.1) is 17.1 Å².